The van der Waals surface area contributed by atoms with Crippen molar-refractivity contribution in [1.29, 1.82) is 0 Å². The summed E-state index contributed by atoms with van der Waals surface area (Å²) in [4.78, 5) is 0. The van der Waals surface area contributed by atoms with Crippen molar-refractivity contribution in [1.82, 2.24) is 5.32 Å². The van der Waals surface area contributed by atoms with E-state index >= 15 is 0 Å². The van der Waals surface area contributed by atoms with E-state index in [9.17, 15) is 0 Å². The number of hydrogen-bond acceptors (Lipinski definition) is 1. The van der Waals surface area contributed by atoms with Crippen LogP contribution in [0, 0.1) is 12.8 Å². The van der Waals surface area contributed by atoms with Crippen LogP contribution in [0.3, 0.4) is 0 Å². The molecule has 1 N–H and O–H groups in total. The first-order valence-electron chi connectivity index (χ1n) is 5.59. The molecule has 1 atom stereocenters. The van der Waals surface area contributed by atoms with Crippen molar-refractivity contribution in [2.45, 2.75) is 33.7 Å². The quantitative estimate of drug-likeness (QED) is 0.855. The molecule has 84 valence electrons. The second kappa shape index (κ2) is 6.29. The Hall–Kier alpha value is -0.340. The number of aryl methyl sites for hydroxylation is 1. The van der Waals surface area contributed by atoms with E-state index in [2.05, 4.69) is 60.2 Å². The molecule has 0 fully saturated rings. The van der Waals surface area contributed by atoms with E-state index < -0.39 is 0 Å². The molecule has 1 nitrogen and oxygen atoms in total. The molecule has 0 heterocycles. The summed E-state index contributed by atoms with van der Waals surface area (Å²) in [5, 5.41) is 3.48. The van der Waals surface area contributed by atoms with Gasteiger partial charge in [0, 0.05) is 11.0 Å². The van der Waals surface area contributed by atoms with Crippen molar-refractivity contribution >= 4 is 15.9 Å². The summed E-state index contributed by atoms with van der Waals surface area (Å²) in [6, 6.07) is 6.51. The lowest BCUT2D eigenvalue weighted by Gasteiger charge is -2.11. The molecule has 0 aliphatic carbocycles. The summed E-state index contributed by atoms with van der Waals surface area (Å²) in [5.74, 6) is 0.759. The SMILES string of the molecule is CCC(C)CNCc1ccc(C)cc1Br. The smallest absolute Gasteiger partial charge is 0.0222 e. The Labute approximate surface area is 101 Å². The third-order valence-corrected chi connectivity index (χ3v) is 3.45. The van der Waals surface area contributed by atoms with Crippen LogP contribution < -0.4 is 5.32 Å². The molecule has 15 heavy (non-hydrogen) atoms. The van der Waals surface area contributed by atoms with Gasteiger partial charge in [-0.2, -0.15) is 0 Å². The van der Waals surface area contributed by atoms with Crippen LogP contribution >= 0.6 is 15.9 Å². The molecule has 0 bridgehead atoms. The zero-order valence-electron chi connectivity index (χ0n) is 9.81. The average Bonchev–Trinajstić information content (AvgIpc) is 2.21. The van der Waals surface area contributed by atoms with Crippen LogP contribution in [0.5, 0.6) is 0 Å². The van der Waals surface area contributed by atoms with Gasteiger partial charge in [0.2, 0.25) is 0 Å². The highest BCUT2D eigenvalue weighted by Crippen LogP contribution is 2.18. The fourth-order valence-corrected chi connectivity index (χ4v) is 2.03. The van der Waals surface area contributed by atoms with Crippen molar-refractivity contribution in [3.63, 3.8) is 0 Å². The first-order chi connectivity index (χ1) is 7.13. The van der Waals surface area contributed by atoms with Gasteiger partial charge < -0.3 is 5.32 Å². The molecule has 1 rings (SSSR count). The van der Waals surface area contributed by atoms with Crippen LogP contribution in [0.1, 0.15) is 31.4 Å². The van der Waals surface area contributed by atoms with Crippen molar-refractivity contribution in [3.8, 4) is 0 Å². The lowest BCUT2D eigenvalue weighted by molar-refractivity contribution is 0.499. The fourth-order valence-electron chi connectivity index (χ4n) is 1.39. The van der Waals surface area contributed by atoms with Gasteiger partial charge >= 0.3 is 0 Å². The fraction of sp³-hybridized carbons (Fsp3) is 0.538. The molecule has 0 saturated heterocycles. The van der Waals surface area contributed by atoms with Crippen molar-refractivity contribution < 1.29 is 0 Å². The monoisotopic (exact) mass is 269 g/mol. The molecular weight excluding hydrogens is 250 g/mol. The molecule has 1 aromatic carbocycles. The predicted octanol–water partition coefficient (Wildman–Crippen LogP) is 3.89. The maximum Gasteiger partial charge on any atom is 0.0222 e. The maximum absolute atomic E-state index is 3.59. The van der Waals surface area contributed by atoms with Crippen molar-refractivity contribution in [3.05, 3.63) is 33.8 Å². The Balaban J connectivity index is 2.44. The molecule has 0 saturated carbocycles. The normalized spacial score (nSPS) is 12.8. The van der Waals surface area contributed by atoms with Gasteiger partial charge in [-0.25, -0.2) is 0 Å². The molecule has 0 radical (unpaired) electrons. The highest BCUT2D eigenvalue weighted by atomic mass is 79.9. The second-order valence-electron chi connectivity index (χ2n) is 4.24. The number of hydrogen-bond donors (Lipinski definition) is 1. The van der Waals surface area contributed by atoms with Crippen LogP contribution in [0.25, 0.3) is 0 Å². The number of benzene rings is 1. The topological polar surface area (TPSA) is 12.0 Å². The number of nitrogens with one attached hydrogen (secondary N) is 1. The van der Waals surface area contributed by atoms with Crippen molar-refractivity contribution in [2.24, 2.45) is 5.92 Å². The van der Waals surface area contributed by atoms with Gasteiger partial charge in [-0.05, 0) is 36.6 Å². The van der Waals surface area contributed by atoms with Crippen LogP contribution in [-0.4, -0.2) is 6.54 Å². The molecule has 0 aromatic heterocycles. The molecule has 0 aliphatic heterocycles. The Bertz CT molecular complexity index is 309. The van der Waals surface area contributed by atoms with Gasteiger partial charge in [0.1, 0.15) is 0 Å². The van der Waals surface area contributed by atoms with Gasteiger partial charge in [-0.1, -0.05) is 48.3 Å². The van der Waals surface area contributed by atoms with Crippen LogP contribution in [0.2, 0.25) is 0 Å². The highest BCUT2D eigenvalue weighted by Gasteiger charge is 2.01. The van der Waals surface area contributed by atoms with Gasteiger partial charge in [-0.15, -0.1) is 0 Å². The summed E-state index contributed by atoms with van der Waals surface area (Å²) >= 11 is 3.59. The minimum Gasteiger partial charge on any atom is -0.312 e. The highest BCUT2D eigenvalue weighted by molar-refractivity contribution is 9.10. The van der Waals surface area contributed by atoms with Gasteiger partial charge in [0.25, 0.3) is 0 Å². The van der Waals surface area contributed by atoms with Crippen LogP contribution in [-0.2, 0) is 6.54 Å². The third-order valence-electron chi connectivity index (χ3n) is 2.71. The van der Waals surface area contributed by atoms with E-state index in [0.29, 0.717) is 0 Å². The van der Waals surface area contributed by atoms with E-state index in [4.69, 9.17) is 0 Å². The second-order valence-corrected chi connectivity index (χ2v) is 5.09. The van der Waals surface area contributed by atoms with Crippen LogP contribution in [0.15, 0.2) is 22.7 Å². The van der Waals surface area contributed by atoms with E-state index in [0.717, 1.165) is 19.0 Å². The Kier molecular flexibility index (Phi) is 5.34. The zero-order valence-corrected chi connectivity index (χ0v) is 11.4. The molecule has 1 aromatic rings. The Morgan fingerprint density at radius 1 is 1.40 bits per heavy atom. The van der Waals surface area contributed by atoms with Gasteiger partial charge in [0.05, 0.1) is 0 Å². The predicted molar refractivity (Wildman–Crippen MR) is 70.0 cm³/mol. The first-order valence-corrected chi connectivity index (χ1v) is 6.38. The Morgan fingerprint density at radius 3 is 2.73 bits per heavy atom. The minimum absolute atomic E-state index is 0.759. The van der Waals surface area contributed by atoms with Crippen LogP contribution in [0.4, 0.5) is 0 Å². The summed E-state index contributed by atoms with van der Waals surface area (Å²) in [5.41, 5.74) is 2.64. The number of halogens is 1. The van der Waals surface area contributed by atoms with E-state index in [1.54, 1.807) is 0 Å². The van der Waals surface area contributed by atoms with Gasteiger partial charge in [-0.3, -0.25) is 0 Å². The summed E-state index contributed by atoms with van der Waals surface area (Å²) in [6.45, 7) is 8.66. The molecule has 1 unspecified atom stereocenters. The molecule has 2 heteroatoms. The first kappa shape index (κ1) is 12.7. The lowest BCUT2D eigenvalue weighted by Crippen LogP contribution is -2.20. The number of rotatable bonds is 5. The molecule has 0 amide bonds. The maximum atomic E-state index is 3.59. The lowest BCUT2D eigenvalue weighted by atomic mass is 10.1. The summed E-state index contributed by atoms with van der Waals surface area (Å²) in [6.07, 6.45) is 1.24. The van der Waals surface area contributed by atoms with E-state index in [1.807, 2.05) is 0 Å². The summed E-state index contributed by atoms with van der Waals surface area (Å²) < 4.78 is 1.21. The van der Waals surface area contributed by atoms with E-state index in [1.165, 1.54) is 22.0 Å². The molecular formula is C13H20BrN. The van der Waals surface area contributed by atoms with E-state index in [-0.39, 0.29) is 0 Å². The molecule has 0 aliphatic rings. The Morgan fingerprint density at radius 2 is 2.13 bits per heavy atom. The third kappa shape index (κ3) is 4.35. The minimum atomic E-state index is 0.759. The largest absolute Gasteiger partial charge is 0.312 e. The zero-order chi connectivity index (χ0) is 11.3. The molecule has 0 spiro atoms. The summed E-state index contributed by atoms with van der Waals surface area (Å²) in [7, 11) is 0. The van der Waals surface area contributed by atoms with Gasteiger partial charge in [0.15, 0.2) is 0 Å². The standard InChI is InChI=1S/C13H20BrN/c1-4-10(2)8-15-9-12-6-5-11(3)7-13(12)14/h5-7,10,15H,4,8-9H2,1-3H3. The van der Waals surface area contributed by atoms with Crippen molar-refractivity contribution in [2.75, 3.05) is 6.54 Å². The average molecular weight is 270 g/mol.